The molecule has 0 aromatic carbocycles. The summed E-state index contributed by atoms with van der Waals surface area (Å²) in [5, 5.41) is 4.04. The number of aromatic nitrogens is 3. The molecule has 0 bridgehead atoms. The summed E-state index contributed by atoms with van der Waals surface area (Å²) in [6.45, 7) is 7.21. The lowest BCUT2D eigenvalue weighted by Crippen LogP contribution is -2.50. The zero-order valence-electron chi connectivity index (χ0n) is 15.7. The van der Waals surface area contributed by atoms with Crippen LogP contribution in [0.3, 0.4) is 0 Å². The molecule has 2 atom stereocenters. The molecule has 0 spiro atoms. The second kappa shape index (κ2) is 7.24. The van der Waals surface area contributed by atoms with Crippen molar-refractivity contribution in [2.75, 3.05) is 33.4 Å². The molecule has 0 saturated carbocycles. The standard InChI is InChI=1S/C18H23N5O4/c1-11-14(12(2)27-21-11)8-22-4-5-26-16-10-23(9-15(16)22)18(24)17-19-6-13(25-3)7-20-17/h6-7,15-16H,4-5,8-10H2,1-3H3. The van der Waals surface area contributed by atoms with Crippen LogP contribution >= 0.6 is 0 Å². The van der Waals surface area contributed by atoms with Gasteiger partial charge in [-0.25, -0.2) is 9.97 Å². The predicted octanol–water partition coefficient (Wildman–Crippen LogP) is 0.815. The van der Waals surface area contributed by atoms with E-state index in [0.717, 1.165) is 30.1 Å². The van der Waals surface area contributed by atoms with Crippen LogP contribution in [0.1, 0.15) is 27.6 Å². The van der Waals surface area contributed by atoms with Gasteiger partial charge in [0.15, 0.2) is 5.75 Å². The third kappa shape index (κ3) is 3.40. The first kappa shape index (κ1) is 17.9. The second-order valence-corrected chi connectivity index (χ2v) is 6.91. The first-order valence-electron chi connectivity index (χ1n) is 8.99. The molecule has 9 nitrogen and oxygen atoms in total. The van der Waals surface area contributed by atoms with Gasteiger partial charge in [0.2, 0.25) is 5.82 Å². The molecule has 0 N–H and O–H groups in total. The highest BCUT2D eigenvalue weighted by molar-refractivity contribution is 5.90. The number of aryl methyl sites for hydroxylation is 2. The van der Waals surface area contributed by atoms with E-state index in [1.807, 2.05) is 13.8 Å². The van der Waals surface area contributed by atoms with E-state index in [-0.39, 0.29) is 23.9 Å². The Morgan fingerprint density at radius 2 is 2.07 bits per heavy atom. The molecule has 0 aliphatic carbocycles. The average Bonchev–Trinajstić information content (AvgIpc) is 3.27. The van der Waals surface area contributed by atoms with Crippen LogP contribution in [0.5, 0.6) is 5.75 Å². The fourth-order valence-corrected chi connectivity index (χ4v) is 3.72. The minimum Gasteiger partial charge on any atom is -0.494 e. The summed E-state index contributed by atoms with van der Waals surface area (Å²) in [6.07, 6.45) is 2.99. The fraction of sp³-hybridized carbons (Fsp3) is 0.556. The molecule has 2 unspecified atom stereocenters. The number of likely N-dealkylation sites (tertiary alicyclic amines) is 1. The Morgan fingerprint density at radius 1 is 1.30 bits per heavy atom. The maximum Gasteiger partial charge on any atom is 0.291 e. The van der Waals surface area contributed by atoms with Gasteiger partial charge in [-0.2, -0.15) is 0 Å². The largest absolute Gasteiger partial charge is 0.494 e. The number of methoxy groups -OCH3 is 1. The van der Waals surface area contributed by atoms with Crippen molar-refractivity contribution in [1.29, 1.82) is 0 Å². The molecule has 2 aliphatic rings. The Balaban J connectivity index is 1.47. The van der Waals surface area contributed by atoms with Crippen molar-refractivity contribution in [3.63, 3.8) is 0 Å². The molecule has 27 heavy (non-hydrogen) atoms. The fourth-order valence-electron chi connectivity index (χ4n) is 3.72. The van der Waals surface area contributed by atoms with Gasteiger partial charge in [-0.1, -0.05) is 5.16 Å². The van der Waals surface area contributed by atoms with Crippen LogP contribution in [0.25, 0.3) is 0 Å². The summed E-state index contributed by atoms with van der Waals surface area (Å²) in [6, 6.07) is 0.134. The monoisotopic (exact) mass is 373 g/mol. The Kier molecular flexibility index (Phi) is 4.79. The van der Waals surface area contributed by atoms with Gasteiger partial charge >= 0.3 is 0 Å². The maximum atomic E-state index is 12.8. The molecular formula is C18H23N5O4. The highest BCUT2D eigenvalue weighted by atomic mass is 16.5. The van der Waals surface area contributed by atoms with Crippen molar-refractivity contribution in [3.05, 3.63) is 35.2 Å². The lowest BCUT2D eigenvalue weighted by atomic mass is 10.1. The van der Waals surface area contributed by atoms with Crippen LogP contribution in [0, 0.1) is 13.8 Å². The molecule has 1 amide bonds. The summed E-state index contributed by atoms with van der Waals surface area (Å²) in [5.41, 5.74) is 2.02. The minimum absolute atomic E-state index is 0.0126. The van der Waals surface area contributed by atoms with E-state index in [4.69, 9.17) is 14.0 Å². The topological polar surface area (TPSA) is 93.8 Å². The van der Waals surface area contributed by atoms with E-state index >= 15 is 0 Å². The third-order valence-corrected chi connectivity index (χ3v) is 5.30. The van der Waals surface area contributed by atoms with Gasteiger partial charge in [-0.05, 0) is 13.8 Å². The van der Waals surface area contributed by atoms with Crippen molar-refractivity contribution >= 4 is 5.91 Å². The zero-order chi connectivity index (χ0) is 19.0. The molecule has 2 aromatic heterocycles. The van der Waals surface area contributed by atoms with Gasteiger partial charge in [-0.3, -0.25) is 9.69 Å². The normalized spacial score (nSPS) is 22.7. The van der Waals surface area contributed by atoms with E-state index in [0.29, 0.717) is 25.4 Å². The lowest BCUT2D eigenvalue weighted by Gasteiger charge is -2.36. The molecule has 4 heterocycles. The molecule has 2 aromatic rings. The van der Waals surface area contributed by atoms with Gasteiger partial charge < -0.3 is 18.9 Å². The maximum absolute atomic E-state index is 12.8. The van der Waals surface area contributed by atoms with E-state index in [2.05, 4.69) is 20.0 Å². The average molecular weight is 373 g/mol. The SMILES string of the molecule is COc1cnc(C(=O)N2CC3OCCN(Cc4c(C)noc4C)C3C2)nc1. The highest BCUT2D eigenvalue weighted by Crippen LogP contribution is 2.27. The number of rotatable bonds is 4. The van der Waals surface area contributed by atoms with Crippen LogP contribution in [-0.4, -0.2) is 76.3 Å². The Morgan fingerprint density at radius 3 is 2.74 bits per heavy atom. The number of hydrogen-bond acceptors (Lipinski definition) is 8. The van der Waals surface area contributed by atoms with Crippen LogP contribution in [0.15, 0.2) is 16.9 Å². The van der Waals surface area contributed by atoms with Gasteiger partial charge in [0.25, 0.3) is 5.91 Å². The number of ether oxygens (including phenoxy) is 2. The first-order valence-corrected chi connectivity index (χ1v) is 8.99. The summed E-state index contributed by atoms with van der Waals surface area (Å²) in [7, 11) is 1.54. The Bertz CT molecular complexity index is 802. The van der Waals surface area contributed by atoms with E-state index in [9.17, 15) is 4.79 Å². The predicted molar refractivity (Wildman–Crippen MR) is 94.4 cm³/mol. The zero-order valence-corrected chi connectivity index (χ0v) is 15.7. The van der Waals surface area contributed by atoms with E-state index < -0.39 is 0 Å². The number of hydrogen-bond donors (Lipinski definition) is 0. The Labute approximate surface area is 157 Å². The molecule has 2 aliphatic heterocycles. The van der Waals surface area contributed by atoms with Crippen molar-refractivity contribution in [1.82, 2.24) is 24.9 Å². The number of carbonyl (C=O) groups excluding carboxylic acids is 1. The minimum atomic E-state index is -0.187. The van der Waals surface area contributed by atoms with Crippen molar-refractivity contribution in [2.24, 2.45) is 0 Å². The molecule has 9 heteroatoms. The number of fused-ring (bicyclic) bond motifs is 1. The van der Waals surface area contributed by atoms with Crippen LogP contribution in [-0.2, 0) is 11.3 Å². The summed E-state index contributed by atoms with van der Waals surface area (Å²) < 4.78 is 16.3. The number of morpholine rings is 1. The lowest BCUT2D eigenvalue weighted by molar-refractivity contribution is -0.0505. The van der Waals surface area contributed by atoms with Crippen LogP contribution < -0.4 is 4.74 Å². The molecular weight excluding hydrogens is 350 g/mol. The summed E-state index contributed by atoms with van der Waals surface area (Å²) in [4.78, 5) is 25.1. The highest BCUT2D eigenvalue weighted by Gasteiger charge is 2.42. The van der Waals surface area contributed by atoms with Gasteiger partial charge in [0, 0.05) is 31.7 Å². The van der Waals surface area contributed by atoms with Gasteiger partial charge in [0.1, 0.15) is 5.76 Å². The van der Waals surface area contributed by atoms with Crippen LogP contribution in [0.4, 0.5) is 0 Å². The molecule has 2 saturated heterocycles. The van der Waals surface area contributed by atoms with E-state index in [1.165, 1.54) is 19.5 Å². The number of nitrogens with zero attached hydrogens (tertiary/aromatic N) is 5. The Hall–Kier alpha value is -2.52. The quantitative estimate of drug-likeness (QED) is 0.777. The van der Waals surface area contributed by atoms with E-state index in [1.54, 1.807) is 4.90 Å². The van der Waals surface area contributed by atoms with Gasteiger partial charge in [0.05, 0.1) is 44.0 Å². The molecule has 0 radical (unpaired) electrons. The van der Waals surface area contributed by atoms with Gasteiger partial charge in [-0.15, -0.1) is 0 Å². The second-order valence-electron chi connectivity index (χ2n) is 6.91. The van der Waals surface area contributed by atoms with Crippen LogP contribution in [0.2, 0.25) is 0 Å². The molecule has 144 valence electrons. The third-order valence-electron chi connectivity index (χ3n) is 5.30. The number of carbonyl (C=O) groups is 1. The van der Waals surface area contributed by atoms with Crippen molar-refractivity contribution in [3.8, 4) is 5.75 Å². The number of amides is 1. The summed E-state index contributed by atoms with van der Waals surface area (Å²) >= 11 is 0. The van der Waals surface area contributed by atoms with Crippen molar-refractivity contribution < 1.29 is 18.8 Å². The molecule has 4 rings (SSSR count). The smallest absolute Gasteiger partial charge is 0.291 e. The summed E-state index contributed by atoms with van der Waals surface area (Å²) in [5.74, 6) is 1.35. The van der Waals surface area contributed by atoms with Crippen molar-refractivity contribution in [2.45, 2.75) is 32.5 Å². The molecule has 2 fully saturated rings. The first-order chi connectivity index (χ1) is 13.1.